The monoisotopic (exact) mass is 240 g/mol. The molecular formula is C12H17ClN2O. The topological polar surface area (TPSA) is 47.3 Å². The van der Waals surface area contributed by atoms with Crippen molar-refractivity contribution in [1.82, 2.24) is 0 Å². The summed E-state index contributed by atoms with van der Waals surface area (Å²) in [6.07, 6.45) is 1.97. The number of halogens is 1. The number of anilines is 2. The van der Waals surface area contributed by atoms with Crippen LogP contribution in [0.5, 0.6) is 0 Å². The van der Waals surface area contributed by atoms with Gasteiger partial charge in [0.25, 0.3) is 0 Å². The molecular weight excluding hydrogens is 224 g/mol. The predicted octanol–water partition coefficient (Wildman–Crippen LogP) is 2.90. The number of rotatable bonds is 2. The first-order valence-electron chi connectivity index (χ1n) is 5.50. The second kappa shape index (κ2) is 4.52. The number of nitrogens with two attached hydrogens (primary N) is 1. The van der Waals surface area contributed by atoms with Gasteiger partial charge in [-0.1, -0.05) is 11.6 Å². The van der Waals surface area contributed by atoms with E-state index in [4.69, 9.17) is 22.1 Å². The zero-order chi connectivity index (χ0) is 11.6. The molecule has 1 aliphatic heterocycles. The normalized spacial score (nSPS) is 19.4. The molecule has 3 N–H and O–H groups in total. The van der Waals surface area contributed by atoms with Gasteiger partial charge in [0.15, 0.2) is 0 Å². The molecule has 0 bridgehead atoms. The van der Waals surface area contributed by atoms with Crippen LogP contribution in [-0.4, -0.2) is 18.8 Å². The molecule has 1 aliphatic rings. The maximum Gasteiger partial charge on any atom is 0.0593 e. The Morgan fingerprint density at radius 1 is 1.38 bits per heavy atom. The lowest BCUT2D eigenvalue weighted by atomic mass is 9.92. The van der Waals surface area contributed by atoms with Crippen LogP contribution in [-0.2, 0) is 4.74 Å². The van der Waals surface area contributed by atoms with E-state index < -0.39 is 0 Å². The van der Waals surface area contributed by atoms with Gasteiger partial charge in [0.05, 0.1) is 11.4 Å². The average Bonchev–Trinajstić information content (AvgIpc) is 2.24. The lowest BCUT2D eigenvalue weighted by molar-refractivity contribution is 0.0658. The minimum Gasteiger partial charge on any atom is -0.397 e. The number of nitrogen functional groups attached to an aromatic ring is 1. The standard InChI is InChI=1S/C12H17ClN2O/c1-12(4-6-16-7-5-12)15-11-8-9(13)2-3-10(11)14/h2-3,8,15H,4-7,14H2,1H3. The van der Waals surface area contributed by atoms with Gasteiger partial charge in [0.2, 0.25) is 0 Å². The summed E-state index contributed by atoms with van der Waals surface area (Å²) in [6, 6.07) is 5.50. The number of benzene rings is 1. The summed E-state index contributed by atoms with van der Waals surface area (Å²) in [5.74, 6) is 0. The molecule has 0 unspecified atom stereocenters. The Labute approximate surface area is 101 Å². The van der Waals surface area contributed by atoms with Crippen molar-refractivity contribution in [1.29, 1.82) is 0 Å². The molecule has 0 radical (unpaired) electrons. The highest BCUT2D eigenvalue weighted by Gasteiger charge is 2.27. The van der Waals surface area contributed by atoms with Crippen molar-refractivity contribution >= 4 is 23.0 Å². The highest BCUT2D eigenvalue weighted by Crippen LogP contribution is 2.30. The molecule has 1 saturated heterocycles. The molecule has 2 rings (SSSR count). The smallest absolute Gasteiger partial charge is 0.0593 e. The number of hydrogen-bond acceptors (Lipinski definition) is 3. The minimum atomic E-state index is 0.0526. The predicted molar refractivity (Wildman–Crippen MR) is 67.9 cm³/mol. The van der Waals surface area contributed by atoms with Gasteiger partial charge in [-0.2, -0.15) is 0 Å². The van der Waals surface area contributed by atoms with Gasteiger partial charge in [-0.15, -0.1) is 0 Å². The molecule has 1 aromatic carbocycles. The lowest BCUT2D eigenvalue weighted by Gasteiger charge is -2.35. The third-order valence-corrected chi connectivity index (χ3v) is 3.28. The summed E-state index contributed by atoms with van der Waals surface area (Å²) in [4.78, 5) is 0. The Bertz CT molecular complexity index is 375. The highest BCUT2D eigenvalue weighted by molar-refractivity contribution is 6.31. The maximum absolute atomic E-state index is 5.96. The zero-order valence-electron chi connectivity index (χ0n) is 9.42. The molecule has 0 aromatic heterocycles. The van der Waals surface area contributed by atoms with E-state index in [0.717, 1.165) is 37.4 Å². The average molecular weight is 241 g/mol. The molecule has 16 heavy (non-hydrogen) atoms. The van der Waals surface area contributed by atoms with E-state index in [1.165, 1.54) is 0 Å². The van der Waals surface area contributed by atoms with E-state index >= 15 is 0 Å². The molecule has 0 spiro atoms. The third-order valence-electron chi connectivity index (χ3n) is 3.05. The van der Waals surface area contributed by atoms with Crippen LogP contribution in [0.15, 0.2) is 18.2 Å². The van der Waals surface area contributed by atoms with Gasteiger partial charge in [0, 0.05) is 23.8 Å². The quantitative estimate of drug-likeness (QED) is 0.782. The van der Waals surface area contributed by atoms with E-state index in [0.29, 0.717) is 5.02 Å². The van der Waals surface area contributed by atoms with Crippen LogP contribution in [0.2, 0.25) is 5.02 Å². The molecule has 88 valence electrons. The fourth-order valence-electron chi connectivity index (χ4n) is 1.91. The largest absolute Gasteiger partial charge is 0.397 e. The number of hydrogen-bond donors (Lipinski definition) is 2. The van der Waals surface area contributed by atoms with Gasteiger partial charge in [-0.3, -0.25) is 0 Å². The fraction of sp³-hybridized carbons (Fsp3) is 0.500. The molecule has 0 amide bonds. The minimum absolute atomic E-state index is 0.0526. The van der Waals surface area contributed by atoms with Crippen LogP contribution in [0.3, 0.4) is 0 Å². The Balaban J connectivity index is 2.15. The van der Waals surface area contributed by atoms with Gasteiger partial charge in [-0.05, 0) is 38.0 Å². The summed E-state index contributed by atoms with van der Waals surface area (Å²) in [5.41, 5.74) is 7.61. The molecule has 3 nitrogen and oxygen atoms in total. The number of ether oxygens (including phenoxy) is 1. The Morgan fingerprint density at radius 2 is 2.06 bits per heavy atom. The van der Waals surface area contributed by atoms with Crippen molar-refractivity contribution in [3.63, 3.8) is 0 Å². The van der Waals surface area contributed by atoms with Crippen LogP contribution in [0.4, 0.5) is 11.4 Å². The van der Waals surface area contributed by atoms with Crippen molar-refractivity contribution in [3.05, 3.63) is 23.2 Å². The van der Waals surface area contributed by atoms with Crippen molar-refractivity contribution in [2.75, 3.05) is 24.3 Å². The summed E-state index contributed by atoms with van der Waals surface area (Å²) in [5, 5.41) is 4.18. The molecule has 1 heterocycles. The van der Waals surface area contributed by atoms with E-state index in [-0.39, 0.29) is 5.54 Å². The SMILES string of the molecule is CC1(Nc2cc(Cl)ccc2N)CCOCC1. The first-order valence-corrected chi connectivity index (χ1v) is 5.88. The van der Waals surface area contributed by atoms with Crippen LogP contribution in [0.1, 0.15) is 19.8 Å². The molecule has 4 heteroatoms. The van der Waals surface area contributed by atoms with Crippen LogP contribution >= 0.6 is 11.6 Å². The first-order chi connectivity index (χ1) is 7.59. The number of nitrogens with one attached hydrogen (secondary N) is 1. The van der Waals surface area contributed by atoms with Crippen LogP contribution in [0.25, 0.3) is 0 Å². The van der Waals surface area contributed by atoms with Crippen LogP contribution in [0, 0.1) is 0 Å². The van der Waals surface area contributed by atoms with E-state index in [2.05, 4.69) is 12.2 Å². The van der Waals surface area contributed by atoms with Gasteiger partial charge >= 0.3 is 0 Å². The maximum atomic E-state index is 5.96. The molecule has 1 fully saturated rings. The summed E-state index contributed by atoms with van der Waals surface area (Å²) < 4.78 is 5.36. The van der Waals surface area contributed by atoms with Gasteiger partial charge in [-0.25, -0.2) is 0 Å². The first kappa shape index (κ1) is 11.6. The molecule has 0 aliphatic carbocycles. The summed E-state index contributed by atoms with van der Waals surface area (Å²) >= 11 is 5.96. The van der Waals surface area contributed by atoms with E-state index in [9.17, 15) is 0 Å². The van der Waals surface area contributed by atoms with E-state index in [1.807, 2.05) is 12.1 Å². The highest BCUT2D eigenvalue weighted by atomic mass is 35.5. The summed E-state index contributed by atoms with van der Waals surface area (Å²) in [7, 11) is 0. The lowest BCUT2D eigenvalue weighted by Crippen LogP contribution is -2.40. The third kappa shape index (κ3) is 2.60. The van der Waals surface area contributed by atoms with Gasteiger partial charge in [0.1, 0.15) is 0 Å². The fourth-order valence-corrected chi connectivity index (χ4v) is 2.08. The van der Waals surface area contributed by atoms with Crippen molar-refractivity contribution in [2.24, 2.45) is 0 Å². The van der Waals surface area contributed by atoms with Crippen LogP contribution < -0.4 is 11.1 Å². The van der Waals surface area contributed by atoms with Crippen molar-refractivity contribution in [3.8, 4) is 0 Å². The summed E-state index contributed by atoms with van der Waals surface area (Å²) in [6.45, 7) is 3.78. The Kier molecular flexibility index (Phi) is 3.26. The second-order valence-electron chi connectivity index (χ2n) is 4.53. The van der Waals surface area contributed by atoms with Gasteiger partial charge < -0.3 is 15.8 Å². The Morgan fingerprint density at radius 3 is 2.75 bits per heavy atom. The van der Waals surface area contributed by atoms with Crippen molar-refractivity contribution in [2.45, 2.75) is 25.3 Å². The van der Waals surface area contributed by atoms with E-state index in [1.54, 1.807) is 6.07 Å². The molecule has 1 aromatic rings. The molecule has 0 atom stereocenters. The molecule has 0 saturated carbocycles. The second-order valence-corrected chi connectivity index (χ2v) is 4.97. The Hall–Kier alpha value is -0.930. The van der Waals surface area contributed by atoms with Crippen molar-refractivity contribution < 1.29 is 4.74 Å². The zero-order valence-corrected chi connectivity index (χ0v) is 10.2.